The number of nitroso groups, excluding NO2 is 1. The van der Waals surface area contributed by atoms with Crippen LogP contribution in [0, 0.1) is 4.91 Å². The molecule has 2 aliphatic rings. The van der Waals surface area contributed by atoms with Crippen LogP contribution in [0.25, 0.3) is 0 Å². The molecule has 0 radical (unpaired) electrons. The molecule has 0 saturated heterocycles. The van der Waals surface area contributed by atoms with Gasteiger partial charge in [0.1, 0.15) is 5.57 Å². The molecule has 1 aliphatic carbocycles. The number of alkyl halides is 2. The van der Waals surface area contributed by atoms with Crippen molar-refractivity contribution in [2.75, 3.05) is 13.7 Å². The molecule has 0 amide bonds. The van der Waals surface area contributed by atoms with Gasteiger partial charge in [0.05, 0.1) is 7.11 Å². The van der Waals surface area contributed by atoms with E-state index in [1.54, 1.807) is 0 Å². The molecule has 0 bridgehead atoms. The third-order valence-corrected chi connectivity index (χ3v) is 2.72. The van der Waals surface area contributed by atoms with Crippen molar-refractivity contribution in [2.45, 2.75) is 18.8 Å². The van der Waals surface area contributed by atoms with Gasteiger partial charge in [0, 0.05) is 21.7 Å². The van der Waals surface area contributed by atoms with Crippen LogP contribution in [0.3, 0.4) is 0 Å². The lowest BCUT2D eigenvalue weighted by Crippen LogP contribution is -2.29. The number of rotatable bonds is 1. The first-order chi connectivity index (χ1) is 7.45. The van der Waals surface area contributed by atoms with Gasteiger partial charge in [-0.05, 0) is 12.5 Å². The summed E-state index contributed by atoms with van der Waals surface area (Å²) in [6.45, 7) is -0.374. The monoisotopic (exact) mass is 230 g/mol. The second-order valence-electron chi connectivity index (χ2n) is 3.78. The Morgan fingerprint density at radius 1 is 1.56 bits per heavy atom. The fourth-order valence-corrected chi connectivity index (χ4v) is 1.99. The minimum absolute atomic E-state index is 0.113. The van der Waals surface area contributed by atoms with Crippen molar-refractivity contribution in [3.8, 4) is 0 Å². The fraction of sp³-hybridized carbons (Fsp3) is 0.500. The highest BCUT2D eigenvalue weighted by Gasteiger charge is 2.53. The van der Waals surface area contributed by atoms with Crippen LogP contribution in [0.1, 0.15) is 12.8 Å². The molecule has 0 N–H and O–H groups in total. The molecule has 1 aliphatic heterocycles. The SMILES string of the molecule is COC(=O)C1=CC2=C([N+](=O)C1)C(F)(F)CC2. The molecule has 0 aromatic carbocycles. The smallest absolute Gasteiger partial charge is 0.340 e. The summed E-state index contributed by atoms with van der Waals surface area (Å²) < 4.78 is 31.2. The summed E-state index contributed by atoms with van der Waals surface area (Å²) in [6, 6.07) is 0. The third-order valence-electron chi connectivity index (χ3n) is 2.72. The molecule has 2 rings (SSSR count). The van der Waals surface area contributed by atoms with Crippen LogP contribution in [0.5, 0.6) is 0 Å². The van der Waals surface area contributed by atoms with Crippen molar-refractivity contribution >= 4 is 5.97 Å². The van der Waals surface area contributed by atoms with Gasteiger partial charge in [0.15, 0.2) is 0 Å². The van der Waals surface area contributed by atoms with Gasteiger partial charge in [-0.2, -0.15) is 8.78 Å². The highest BCUT2D eigenvalue weighted by molar-refractivity contribution is 5.89. The van der Waals surface area contributed by atoms with E-state index in [0.29, 0.717) is 0 Å². The predicted molar refractivity (Wildman–Crippen MR) is 49.8 cm³/mol. The molecule has 1 heterocycles. The van der Waals surface area contributed by atoms with Gasteiger partial charge in [-0.15, -0.1) is 0 Å². The van der Waals surface area contributed by atoms with E-state index in [2.05, 4.69) is 4.74 Å². The average molecular weight is 230 g/mol. The number of esters is 1. The van der Waals surface area contributed by atoms with Crippen LogP contribution < -0.4 is 0 Å². The number of hydrogen-bond donors (Lipinski definition) is 0. The Bertz CT molecular complexity index is 437. The second-order valence-corrected chi connectivity index (χ2v) is 3.78. The number of hydrogen-bond acceptors (Lipinski definition) is 3. The Balaban J connectivity index is 2.41. The van der Waals surface area contributed by atoms with Crippen molar-refractivity contribution in [1.82, 2.24) is 0 Å². The summed E-state index contributed by atoms with van der Waals surface area (Å²) in [7, 11) is 1.19. The van der Waals surface area contributed by atoms with E-state index in [1.165, 1.54) is 13.2 Å². The van der Waals surface area contributed by atoms with Crippen molar-refractivity contribution in [1.29, 1.82) is 0 Å². The van der Waals surface area contributed by atoms with Crippen LogP contribution >= 0.6 is 0 Å². The molecular formula is C10H10F2NO3+. The fourth-order valence-electron chi connectivity index (χ4n) is 1.99. The third kappa shape index (κ3) is 1.54. The summed E-state index contributed by atoms with van der Waals surface area (Å²) in [5, 5.41) is 0. The van der Waals surface area contributed by atoms with Gasteiger partial charge in [-0.1, -0.05) is 0 Å². The Morgan fingerprint density at radius 2 is 2.25 bits per heavy atom. The zero-order valence-corrected chi connectivity index (χ0v) is 8.63. The highest BCUT2D eigenvalue weighted by atomic mass is 19.3. The highest BCUT2D eigenvalue weighted by Crippen LogP contribution is 2.43. The van der Waals surface area contributed by atoms with E-state index >= 15 is 0 Å². The Hall–Kier alpha value is -1.59. The molecule has 86 valence electrons. The van der Waals surface area contributed by atoms with Crippen molar-refractivity contribution in [3.63, 3.8) is 0 Å². The summed E-state index contributed by atoms with van der Waals surface area (Å²) in [5.41, 5.74) is -0.138. The molecule has 0 fully saturated rings. The van der Waals surface area contributed by atoms with Gasteiger partial charge >= 0.3 is 17.6 Å². The van der Waals surface area contributed by atoms with Crippen LogP contribution in [0.15, 0.2) is 22.9 Å². The molecule has 0 unspecified atom stereocenters. The van der Waals surface area contributed by atoms with E-state index in [1.807, 2.05) is 0 Å². The summed E-state index contributed by atoms with van der Waals surface area (Å²) in [4.78, 5) is 22.6. The Labute approximate surface area is 90.1 Å². The number of allylic oxidation sites excluding steroid dienone is 3. The van der Waals surface area contributed by atoms with Gasteiger partial charge < -0.3 is 4.74 Å². The van der Waals surface area contributed by atoms with E-state index in [9.17, 15) is 18.5 Å². The number of ether oxygens (including phenoxy) is 1. The zero-order chi connectivity index (χ0) is 11.9. The van der Waals surface area contributed by atoms with Crippen LogP contribution in [-0.2, 0) is 9.53 Å². The van der Waals surface area contributed by atoms with Crippen LogP contribution in [0.2, 0.25) is 0 Å². The van der Waals surface area contributed by atoms with Crippen molar-refractivity contribution in [3.05, 3.63) is 27.8 Å². The number of carbonyl (C=O) groups is 1. The minimum atomic E-state index is -3.07. The summed E-state index contributed by atoms with van der Waals surface area (Å²) in [6.07, 6.45) is 1.08. The summed E-state index contributed by atoms with van der Waals surface area (Å²) in [5.74, 6) is -3.72. The van der Waals surface area contributed by atoms with Crippen LogP contribution in [-0.4, -0.2) is 30.3 Å². The Kier molecular flexibility index (Phi) is 2.36. The van der Waals surface area contributed by atoms with Gasteiger partial charge in [0.25, 0.3) is 0 Å². The van der Waals surface area contributed by atoms with E-state index in [4.69, 9.17) is 0 Å². The van der Waals surface area contributed by atoms with Gasteiger partial charge in [0.2, 0.25) is 6.54 Å². The molecule has 16 heavy (non-hydrogen) atoms. The van der Waals surface area contributed by atoms with Crippen molar-refractivity contribution < 1.29 is 23.1 Å². The quantitative estimate of drug-likeness (QED) is 0.507. The largest absolute Gasteiger partial charge is 0.465 e. The van der Waals surface area contributed by atoms with E-state index in [-0.39, 0.29) is 35.3 Å². The summed E-state index contributed by atoms with van der Waals surface area (Å²) >= 11 is 0. The second kappa shape index (κ2) is 3.47. The predicted octanol–water partition coefficient (Wildman–Crippen LogP) is 1.56. The standard InChI is InChI=1S/C10H10F2NO3/c1-16-9(14)7-4-6-2-3-10(11,12)8(6)13(15)5-7/h4H,2-3,5H2,1H3/q+1. The molecule has 0 atom stereocenters. The average Bonchev–Trinajstić information content (AvgIpc) is 2.53. The topological polar surface area (TPSA) is 46.4 Å². The molecule has 0 aromatic rings. The van der Waals surface area contributed by atoms with Crippen LogP contribution in [0.4, 0.5) is 8.78 Å². The zero-order valence-electron chi connectivity index (χ0n) is 8.63. The van der Waals surface area contributed by atoms with E-state index in [0.717, 1.165) is 0 Å². The maximum absolute atomic E-state index is 13.3. The number of nitrogens with zero attached hydrogens (tertiary/aromatic N) is 1. The first-order valence-corrected chi connectivity index (χ1v) is 4.80. The molecule has 6 heteroatoms. The first-order valence-electron chi connectivity index (χ1n) is 4.80. The number of methoxy groups -OCH3 is 1. The lowest BCUT2D eigenvalue weighted by molar-refractivity contribution is -0.509. The van der Waals surface area contributed by atoms with Crippen molar-refractivity contribution in [2.24, 2.45) is 0 Å². The minimum Gasteiger partial charge on any atom is -0.465 e. The lowest BCUT2D eigenvalue weighted by atomic mass is 10.1. The maximum atomic E-state index is 13.3. The molecule has 0 saturated carbocycles. The number of carbonyl (C=O) groups excluding carboxylic acids is 1. The normalized spacial score (nSPS) is 22.9. The van der Waals surface area contributed by atoms with E-state index < -0.39 is 17.6 Å². The number of halogens is 2. The van der Waals surface area contributed by atoms with Gasteiger partial charge in [-0.25, -0.2) is 4.79 Å². The Morgan fingerprint density at radius 3 is 2.88 bits per heavy atom. The van der Waals surface area contributed by atoms with Gasteiger partial charge in [-0.3, -0.25) is 0 Å². The molecule has 4 nitrogen and oxygen atoms in total. The maximum Gasteiger partial charge on any atom is 0.340 e. The first kappa shape index (κ1) is 10.9. The molecular weight excluding hydrogens is 220 g/mol. The molecule has 0 aromatic heterocycles. The lowest BCUT2D eigenvalue weighted by Gasteiger charge is -2.10. The molecule has 0 spiro atoms.